The smallest absolute Gasteiger partial charge is 0.311 e. The van der Waals surface area contributed by atoms with Crippen molar-refractivity contribution in [2.75, 3.05) is 59.2 Å². The molecule has 36 heavy (non-hydrogen) atoms. The minimum atomic E-state index is -0.873. The monoisotopic (exact) mass is 519 g/mol. The quantitative estimate of drug-likeness (QED) is 0.384. The maximum Gasteiger partial charge on any atom is 0.311 e. The lowest BCUT2D eigenvalue weighted by Gasteiger charge is -2.39. The summed E-state index contributed by atoms with van der Waals surface area (Å²) in [7, 11) is 0. The van der Waals surface area contributed by atoms with Crippen LogP contribution in [0.15, 0.2) is 24.3 Å². The normalized spacial score (nSPS) is 35.4. The minimum Gasteiger partial charge on any atom is -0.461 e. The van der Waals surface area contributed by atoms with Crippen LogP contribution in [-0.2, 0) is 23.9 Å². The number of aliphatic hydroxyl groups is 1. The molecule has 5 aliphatic rings. The number of hydrogen-bond donors (Lipinski definition) is 1. The van der Waals surface area contributed by atoms with E-state index in [1.807, 2.05) is 43.1 Å². The largest absolute Gasteiger partial charge is 0.461 e. The summed E-state index contributed by atoms with van der Waals surface area (Å²) >= 11 is 1.54. The summed E-state index contributed by atoms with van der Waals surface area (Å²) in [5, 5.41) is 10.1. The van der Waals surface area contributed by atoms with Crippen LogP contribution < -0.4 is 0 Å². The number of cyclic esters (lactones) is 1. The third-order valence-corrected chi connectivity index (χ3v) is 9.82. The van der Waals surface area contributed by atoms with Crippen molar-refractivity contribution in [2.45, 2.75) is 42.3 Å². The number of likely N-dealkylation sites (tertiary alicyclic amines) is 1. The van der Waals surface area contributed by atoms with Crippen molar-refractivity contribution in [3.8, 4) is 0 Å². The Labute approximate surface area is 216 Å². The standard InChI is InChI=1S/C26H37N3O6S/c1-17(2)15-18(16-30)29-22-24(32)28(9-8-27-10-13-34-14-11-27)7-4-6-26(22)21(23(29)31)20-19(36-26)5-3-12-35-25(20)33/h3-6,17-22,30H,7-16H2,1-2H3/t18-,19+,20-,21+,22?,26+/m1/s1. The third kappa shape index (κ3) is 4.40. The molecule has 0 aromatic heterocycles. The molecule has 3 fully saturated rings. The van der Waals surface area contributed by atoms with Crippen LogP contribution in [-0.4, -0.2) is 119 Å². The zero-order valence-electron chi connectivity index (χ0n) is 21.1. The van der Waals surface area contributed by atoms with Crippen LogP contribution in [0.4, 0.5) is 0 Å². The van der Waals surface area contributed by atoms with Crippen LogP contribution >= 0.6 is 11.8 Å². The average molecular weight is 520 g/mol. The topological polar surface area (TPSA) is 99.6 Å². The fourth-order valence-electron chi connectivity index (χ4n) is 6.46. The van der Waals surface area contributed by atoms with Gasteiger partial charge in [-0.2, -0.15) is 0 Å². The van der Waals surface area contributed by atoms with E-state index in [-0.39, 0.29) is 42.2 Å². The number of thioether (sulfide) groups is 1. The predicted octanol–water partition coefficient (Wildman–Crippen LogP) is 0.534. The Balaban J connectivity index is 1.50. The van der Waals surface area contributed by atoms with Gasteiger partial charge in [-0.05, 0) is 12.3 Å². The Morgan fingerprint density at radius 3 is 2.64 bits per heavy atom. The number of aliphatic hydroxyl groups excluding tert-OH is 1. The highest BCUT2D eigenvalue weighted by molar-refractivity contribution is 8.02. The molecule has 5 heterocycles. The molecule has 1 unspecified atom stereocenters. The molecular weight excluding hydrogens is 482 g/mol. The summed E-state index contributed by atoms with van der Waals surface area (Å²) in [5.74, 6) is -1.83. The van der Waals surface area contributed by atoms with Crippen molar-refractivity contribution in [1.29, 1.82) is 0 Å². The van der Waals surface area contributed by atoms with Crippen molar-refractivity contribution >= 4 is 29.5 Å². The van der Waals surface area contributed by atoms with Crippen LogP contribution in [0.2, 0.25) is 0 Å². The summed E-state index contributed by atoms with van der Waals surface area (Å²) in [4.78, 5) is 47.2. The zero-order valence-corrected chi connectivity index (χ0v) is 21.9. The van der Waals surface area contributed by atoms with Crippen LogP contribution in [0.1, 0.15) is 20.3 Å². The maximum absolute atomic E-state index is 14.3. The molecule has 0 aromatic rings. The summed E-state index contributed by atoms with van der Waals surface area (Å²) in [6.07, 6.45) is 8.37. The number of ether oxygens (including phenoxy) is 2. The molecule has 0 saturated carbocycles. The molecule has 198 valence electrons. The van der Waals surface area contributed by atoms with Gasteiger partial charge in [-0.15, -0.1) is 11.8 Å². The summed E-state index contributed by atoms with van der Waals surface area (Å²) in [6.45, 7) is 8.88. The lowest BCUT2D eigenvalue weighted by molar-refractivity contribution is -0.152. The number of fused-ring (bicyclic) bond motifs is 2. The molecule has 5 rings (SSSR count). The second-order valence-corrected chi connectivity index (χ2v) is 12.2. The number of carbonyl (C=O) groups is 3. The Kier molecular flexibility index (Phi) is 7.49. The first kappa shape index (κ1) is 25.8. The van der Waals surface area contributed by atoms with Gasteiger partial charge in [0.2, 0.25) is 11.8 Å². The molecule has 9 nitrogen and oxygen atoms in total. The van der Waals surface area contributed by atoms with Gasteiger partial charge in [0.25, 0.3) is 0 Å². The molecular formula is C26H37N3O6S. The highest BCUT2D eigenvalue weighted by Crippen LogP contribution is 2.61. The predicted molar refractivity (Wildman–Crippen MR) is 135 cm³/mol. The number of hydrogen-bond acceptors (Lipinski definition) is 8. The van der Waals surface area contributed by atoms with Gasteiger partial charge in [0.15, 0.2) is 0 Å². The van der Waals surface area contributed by atoms with E-state index < -0.39 is 28.7 Å². The van der Waals surface area contributed by atoms with Gasteiger partial charge in [0.1, 0.15) is 12.6 Å². The fourth-order valence-corrected chi connectivity index (χ4v) is 8.44. The second-order valence-electron chi connectivity index (χ2n) is 10.8. The molecule has 10 heteroatoms. The van der Waals surface area contributed by atoms with Gasteiger partial charge in [-0.25, -0.2) is 0 Å². The molecule has 3 saturated heterocycles. The van der Waals surface area contributed by atoms with E-state index in [1.165, 1.54) is 0 Å². The van der Waals surface area contributed by atoms with Gasteiger partial charge in [-0.1, -0.05) is 38.2 Å². The van der Waals surface area contributed by atoms with E-state index in [0.717, 1.165) is 19.6 Å². The van der Waals surface area contributed by atoms with Crippen LogP contribution in [0.5, 0.6) is 0 Å². The van der Waals surface area contributed by atoms with Crippen molar-refractivity contribution in [1.82, 2.24) is 14.7 Å². The first-order valence-corrected chi connectivity index (χ1v) is 14.0. The molecule has 0 aliphatic carbocycles. The zero-order chi connectivity index (χ0) is 25.4. The van der Waals surface area contributed by atoms with E-state index in [0.29, 0.717) is 32.7 Å². The highest BCUT2D eigenvalue weighted by Gasteiger charge is 2.71. The molecule has 1 N–H and O–H groups in total. The fraction of sp³-hybridized carbons (Fsp3) is 0.731. The molecule has 0 radical (unpaired) electrons. The Hall–Kier alpha value is -1.88. The maximum atomic E-state index is 14.3. The van der Waals surface area contributed by atoms with E-state index in [9.17, 15) is 19.5 Å². The summed E-state index contributed by atoms with van der Waals surface area (Å²) < 4.78 is 10.0. The highest BCUT2D eigenvalue weighted by atomic mass is 32.2. The molecule has 2 amide bonds. The molecule has 1 spiro atoms. The van der Waals surface area contributed by atoms with Gasteiger partial charge >= 0.3 is 5.97 Å². The second kappa shape index (κ2) is 10.5. The lowest BCUT2D eigenvalue weighted by atomic mass is 9.78. The van der Waals surface area contributed by atoms with Gasteiger partial charge in [0.05, 0.1) is 42.4 Å². The van der Waals surface area contributed by atoms with Gasteiger partial charge < -0.3 is 24.4 Å². The Bertz CT molecular complexity index is 935. The number of morpholine rings is 1. The van der Waals surface area contributed by atoms with Gasteiger partial charge in [0, 0.05) is 38.0 Å². The third-order valence-electron chi connectivity index (χ3n) is 8.07. The lowest BCUT2D eigenvalue weighted by Crippen LogP contribution is -2.57. The average Bonchev–Trinajstić information content (AvgIpc) is 3.17. The molecule has 6 atom stereocenters. The molecule has 5 aliphatic heterocycles. The van der Waals surface area contributed by atoms with E-state index in [4.69, 9.17) is 9.47 Å². The van der Waals surface area contributed by atoms with Crippen molar-refractivity contribution in [3.05, 3.63) is 24.3 Å². The van der Waals surface area contributed by atoms with E-state index >= 15 is 0 Å². The number of nitrogens with zero attached hydrogens (tertiary/aromatic N) is 3. The Morgan fingerprint density at radius 1 is 1.14 bits per heavy atom. The van der Waals surface area contributed by atoms with Crippen LogP contribution in [0, 0.1) is 17.8 Å². The SMILES string of the molecule is CC(C)C[C@H](CO)N1C(=O)[C@@H]2[C@@H]3C(=O)OCC=C[C@@H]3S[C@@]23C=CCN(CCN2CCOCC2)C(=O)C13. The first-order valence-electron chi connectivity index (χ1n) is 13.1. The van der Waals surface area contributed by atoms with Crippen LogP contribution in [0.25, 0.3) is 0 Å². The molecule has 0 bridgehead atoms. The van der Waals surface area contributed by atoms with Crippen LogP contribution in [0.3, 0.4) is 0 Å². The number of esters is 1. The number of rotatable bonds is 7. The summed E-state index contributed by atoms with van der Waals surface area (Å²) in [5.41, 5.74) is 0. The summed E-state index contributed by atoms with van der Waals surface area (Å²) in [6, 6.07) is -1.26. The van der Waals surface area contributed by atoms with Gasteiger partial charge in [-0.3, -0.25) is 19.3 Å². The van der Waals surface area contributed by atoms with E-state index in [1.54, 1.807) is 16.7 Å². The number of amides is 2. The van der Waals surface area contributed by atoms with Crippen molar-refractivity contribution in [2.24, 2.45) is 17.8 Å². The van der Waals surface area contributed by atoms with E-state index in [2.05, 4.69) is 4.90 Å². The minimum absolute atomic E-state index is 0.104. The molecule has 0 aromatic carbocycles. The Morgan fingerprint density at radius 2 is 1.92 bits per heavy atom. The van der Waals surface area contributed by atoms with Crippen molar-refractivity contribution < 1.29 is 29.0 Å². The van der Waals surface area contributed by atoms with Crippen molar-refractivity contribution in [3.63, 3.8) is 0 Å². The first-order chi connectivity index (χ1) is 17.4. The number of carbonyl (C=O) groups excluding carboxylic acids is 3.